The van der Waals surface area contributed by atoms with Crippen LogP contribution in [0.25, 0.3) is 0 Å². The van der Waals surface area contributed by atoms with Gasteiger partial charge in [0.05, 0.1) is 23.4 Å². The molecule has 0 bridgehead atoms. The average Bonchev–Trinajstić information content (AvgIpc) is 2.81. The van der Waals surface area contributed by atoms with Crippen LogP contribution < -0.4 is 0 Å². The van der Waals surface area contributed by atoms with E-state index in [0.717, 1.165) is 0 Å². The molecule has 0 N–H and O–H groups in total. The number of rotatable bonds is 4. The van der Waals surface area contributed by atoms with Crippen molar-refractivity contribution >= 4 is 9.84 Å². The Kier molecular flexibility index (Phi) is 3.58. The van der Waals surface area contributed by atoms with Crippen LogP contribution in [0.4, 0.5) is 0 Å². The minimum absolute atomic E-state index is 0.0847. The van der Waals surface area contributed by atoms with E-state index in [9.17, 15) is 8.42 Å². The van der Waals surface area contributed by atoms with E-state index in [2.05, 4.69) is 0 Å². The van der Waals surface area contributed by atoms with Crippen LogP contribution in [0.2, 0.25) is 0 Å². The summed E-state index contributed by atoms with van der Waals surface area (Å²) < 4.78 is 34.0. The second kappa shape index (κ2) is 4.95. The van der Waals surface area contributed by atoms with Crippen LogP contribution in [0.15, 0.2) is 35.2 Å². The molecule has 1 atom stereocenters. The van der Waals surface area contributed by atoms with Crippen LogP contribution in [0.5, 0.6) is 0 Å². The maximum atomic E-state index is 11.9. The van der Waals surface area contributed by atoms with Gasteiger partial charge in [-0.25, -0.2) is 8.42 Å². The van der Waals surface area contributed by atoms with Gasteiger partial charge in [0.25, 0.3) is 0 Å². The van der Waals surface area contributed by atoms with Crippen molar-refractivity contribution in [3.63, 3.8) is 0 Å². The van der Waals surface area contributed by atoms with Crippen molar-refractivity contribution in [3.8, 4) is 0 Å². The first kappa shape index (κ1) is 11.6. The molecule has 0 aliphatic carbocycles. The third-order valence-electron chi connectivity index (χ3n) is 2.50. The molecule has 0 amide bonds. The van der Waals surface area contributed by atoms with E-state index < -0.39 is 9.84 Å². The summed E-state index contributed by atoms with van der Waals surface area (Å²) in [6.07, 6.45) is 0.399. The summed E-state index contributed by atoms with van der Waals surface area (Å²) in [5.41, 5.74) is 0. The van der Waals surface area contributed by atoms with E-state index in [4.69, 9.17) is 9.47 Å². The molecule has 1 heterocycles. The smallest absolute Gasteiger partial charge is 0.178 e. The van der Waals surface area contributed by atoms with Gasteiger partial charge in [-0.05, 0) is 18.6 Å². The van der Waals surface area contributed by atoms with Crippen LogP contribution in [-0.2, 0) is 19.3 Å². The maximum Gasteiger partial charge on any atom is 0.178 e. The number of ether oxygens (including phenoxy) is 2. The lowest BCUT2D eigenvalue weighted by Gasteiger charge is -2.07. The molecule has 0 radical (unpaired) electrons. The second-order valence-corrected chi connectivity index (χ2v) is 5.81. The number of sulfone groups is 1. The van der Waals surface area contributed by atoms with E-state index in [-0.39, 0.29) is 18.6 Å². The molecule has 4 nitrogen and oxygen atoms in total. The van der Waals surface area contributed by atoms with Crippen LogP contribution in [0.1, 0.15) is 6.42 Å². The summed E-state index contributed by atoms with van der Waals surface area (Å²) in [4.78, 5) is 0.369. The largest absolute Gasteiger partial charge is 0.353 e. The van der Waals surface area contributed by atoms with Crippen molar-refractivity contribution < 1.29 is 17.9 Å². The molecule has 1 aromatic carbocycles. The van der Waals surface area contributed by atoms with Gasteiger partial charge in [-0.15, -0.1) is 0 Å². The van der Waals surface area contributed by atoms with E-state index in [1.54, 1.807) is 30.3 Å². The van der Waals surface area contributed by atoms with Crippen molar-refractivity contribution in [2.45, 2.75) is 17.4 Å². The standard InChI is InChI=1S/C11H14O4S/c12-16(13,11-4-2-1-3-5-11)7-6-10-8-14-9-15-10/h1-5,10H,6-9H2/t10-/m1/s1. The van der Waals surface area contributed by atoms with E-state index >= 15 is 0 Å². The van der Waals surface area contributed by atoms with Crippen LogP contribution in [0.3, 0.4) is 0 Å². The Labute approximate surface area is 95.1 Å². The maximum absolute atomic E-state index is 11.9. The first-order chi connectivity index (χ1) is 7.68. The monoisotopic (exact) mass is 242 g/mol. The fourth-order valence-corrected chi connectivity index (χ4v) is 2.95. The predicted molar refractivity (Wildman–Crippen MR) is 58.8 cm³/mol. The highest BCUT2D eigenvalue weighted by Gasteiger charge is 2.21. The molecule has 5 heteroatoms. The highest BCUT2D eigenvalue weighted by molar-refractivity contribution is 7.91. The highest BCUT2D eigenvalue weighted by Crippen LogP contribution is 2.14. The molecule has 1 aromatic rings. The van der Waals surface area contributed by atoms with Crippen molar-refractivity contribution in [2.75, 3.05) is 19.2 Å². The Bertz CT molecular complexity index is 421. The van der Waals surface area contributed by atoms with Crippen molar-refractivity contribution in [3.05, 3.63) is 30.3 Å². The van der Waals surface area contributed by atoms with Gasteiger partial charge >= 0.3 is 0 Å². The minimum atomic E-state index is -3.18. The third-order valence-corrected chi connectivity index (χ3v) is 4.27. The molecule has 2 rings (SSSR count). The third kappa shape index (κ3) is 2.81. The van der Waals surface area contributed by atoms with Gasteiger partial charge in [0.15, 0.2) is 9.84 Å². The topological polar surface area (TPSA) is 52.6 Å². The van der Waals surface area contributed by atoms with Crippen molar-refractivity contribution in [2.24, 2.45) is 0 Å². The zero-order chi connectivity index (χ0) is 11.4. The van der Waals surface area contributed by atoms with Gasteiger partial charge in [-0.1, -0.05) is 18.2 Å². The van der Waals surface area contributed by atoms with Crippen LogP contribution in [0, 0.1) is 0 Å². The number of hydrogen-bond donors (Lipinski definition) is 0. The van der Waals surface area contributed by atoms with Gasteiger partial charge < -0.3 is 9.47 Å². The summed E-state index contributed by atoms with van der Waals surface area (Å²) in [5, 5.41) is 0. The zero-order valence-corrected chi connectivity index (χ0v) is 9.65. The van der Waals surface area contributed by atoms with E-state index in [1.807, 2.05) is 0 Å². The van der Waals surface area contributed by atoms with Crippen molar-refractivity contribution in [1.29, 1.82) is 0 Å². The number of hydrogen-bond acceptors (Lipinski definition) is 4. The molecule has 0 saturated carbocycles. The fraction of sp³-hybridized carbons (Fsp3) is 0.455. The zero-order valence-electron chi connectivity index (χ0n) is 8.83. The molecular formula is C11H14O4S. The summed E-state index contributed by atoms with van der Waals surface area (Å²) in [7, 11) is -3.18. The highest BCUT2D eigenvalue weighted by atomic mass is 32.2. The molecule has 0 aromatic heterocycles. The molecular weight excluding hydrogens is 228 g/mol. The quantitative estimate of drug-likeness (QED) is 0.796. The summed E-state index contributed by atoms with van der Waals surface area (Å²) in [6.45, 7) is 0.764. The SMILES string of the molecule is O=S(=O)(CC[C@@H]1COCO1)c1ccccc1. The summed E-state index contributed by atoms with van der Waals surface area (Å²) in [6, 6.07) is 8.47. The van der Waals surface area contributed by atoms with Gasteiger partial charge in [0, 0.05) is 0 Å². The molecule has 0 unspecified atom stereocenters. The number of benzene rings is 1. The van der Waals surface area contributed by atoms with Gasteiger partial charge in [-0.3, -0.25) is 0 Å². The Balaban J connectivity index is 1.98. The Hall–Kier alpha value is -0.910. The second-order valence-electron chi connectivity index (χ2n) is 3.70. The predicted octanol–water partition coefficient (Wildman–Crippen LogP) is 1.22. The van der Waals surface area contributed by atoms with Gasteiger partial charge in [0.2, 0.25) is 0 Å². The normalized spacial score (nSPS) is 21.1. The lowest BCUT2D eigenvalue weighted by atomic mass is 10.3. The Morgan fingerprint density at radius 2 is 2.00 bits per heavy atom. The molecule has 1 aliphatic heterocycles. The van der Waals surface area contributed by atoms with Gasteiger partial charge in [-0.2, -0.15) is 0 Å². The van der Waals surface area contributed by atoms with Crippen LogP contribution in [-0.4, -0.2) is 33.7 Å². The molecule has 1 saturated heterocycles. The first-order valence-corrected chi connectivity index (χ1v) is 6.81. The average molecular weight is 242 g/mol. The molecule has 88 valence electrons. The molecule has 0 spiro atoms. The Morgan fingerprint density at radius 1 is 1.25 bits per heavy atom. The van der Waals surface area contributed by atoms with Crippen molar-refractivity contribution in [1.82, 2.24) is 0 Å². The van der Waals surface area contributed by atoms with E-state index in [0.29, 0.717) is 17.9 Å². The summed E-state index contributed by atoms with van der Waals surface area (Å²) >= 11 is 0. The van der Waals surface area contributed by atoms with E-state index in [1.165, 1.54) is 0 Å². The molecule has 16 heavy (non-hydrogen) atoms. The Morgan fingerprint density at radius 3 is 2.62 bits per heavy atom. The van der Waals surface area contributed by atoms with Crippen LogP contribution >= 0.6 is 0 Å². The van der Waals surface area contributed by atoms with Gasteiger partial charge in [0.1, 0.15) is 6.79 Å². The lowest BCUT2D eigenvalue weighted by Crippen LogP contribution is -2.16. The summed E-state index contributed by atoms with van der Waals surface area (Å²) in [5.74, 6) is 0.102. The first-order valence-electron chi connectivity index (χ1n) is 5.16. The molecule has 1 aliphatic rings. The lowest BCUT2D eigenvalue weighted by molar-refractivity contribution is 0.0462. The molecule has 1 fully saturated rings. The fourth-order valence-electron chi connectivity index (χ4n) is 1.57. The minimum Gasteiger partial charge on any atom is -0.353 e.